The van der Waals surface area contributed by atoms with Crippen molar-refractivity contribution in [3.05, 3.63) is 64.0 Å². The molecule has 0 saturated carbocycles. The number of ether oxygens (including phenoxy) is 1. The Hall–Kier alpha value is -2.24. The minimum absolute atomic E-state index is 0.0579. The smallest absolute Gasteiger partial charge is 0.272 e. The van der Waals surface area contributed by atoms with Gasteiger partial charge in [0.15, 0.2) is 0 Å². The molecule has 4 nitrogen and oxygen atoms in total. The topological polar surface area (TPSA) is 46.6 Å². The highest BCUT2D eigenvalue weighted by Crippen LogP contribution is 2.41. The molecule has 28 heavy (non-hydrogen) atoms. The van der Waals surface area contributed by atoms with Crippen molar-refractivity contribution < 1.29 is 14.3 Å². The highest BCUT2D eigenvalue weighted by atomic mass is 35.5. The first-order valence-electron chi connectivity index (χ1n) is 9.11. The molecular formula is C22H22ClNO3S. The molecule has 0 bridgehead atoms. The first-order chi connectivity index (χ1) is 13.3. The lowest BCUT2D eigenvalue weighted by atomic mass is 10.1. The zero-order chi connectivity index (χ0) is 20.4. The number of para-hydroxylation sites is 1. The van der Waals surface area contributed by atoms with Gasteiger partial charge in [-0.1, -0.05) is 49.7 Å². The summed E-state index contributed by atoms with van der Waals surface area (Å²) in [5.74, 6) is 0.0187. The third-order valence-corrected chi connectivity index (χ3v) is 5.41. The number of halogens is 1. The van der Waals surface area contributed by atoms with Gasteiger partial charge in [-0.2, -0.15) is 0 Å². The minimum Gasteiger partial charge on any atom is -0.491 e. The van der Waals surface area contributed by atoms with E-state index in [0.717, 1.165) is 5.75 Å². The van der Waals surface area contributed by atoms with Gasteiger partial charge in [0.05, 0.1) is 27.3 Å². The van der Waals surface area contributed by atoms with Crippen molar-refractivity contribution in [1.82, 2.24) is 0 Å². The number of rotatable bonds is 6. The molecule has 0 saturated heterocycles. The summed E-state index contributed by atoms with van der Waals surface area (Å²) in [7, 11) is 0. The Bertz CT molecular complexity index is 935. The third-order valence-electron chi connectivity index (χ3n) is 4.00. The number of carbonyl (C=O) groups is 2. The maximum Gasteiger partial charge on any atom is 0.272 e. The van der Waals surface area contributed by atoms with Gasteiger partial charge < -0.3 is 4.74 Å². The van der Waals surface area contributed by atoms with Crippen molar-refractivity contribution in [2.45, 2.75) is 39.0 Å². The highest BCUT2D eigenvalue weighted by molar-refractivity contribution is 8.04. The number of nitrogens with zero attached hydrogens (tertiary/aromatic N) is 1. The summed E-state index contributed by atoms with van der Waals surface area (Å²) >= 11 is 7.65. The standard InChI is InChI=1S/C22H22ClNO3S/c1-13(2)27-16-11-9-15(10-12-16)19-20(28-14(3)4)22(26)24(21(19)25)18-8-6-5-7-17(18)23/h5-14H,1-4H3. The molecule has 6 heteroatoms. The van der Waals surface area contributed by atoms with E-state index in [9.17, 15) is 9.59 Å². The second kappa shape index (κ2) is 8.41. The highest BCUT2D eigenvalue weighted by Gasteiger charge is 2.41. The van der Waals surface area contributed by atoms with Crippen LogP contribution >= 0.6 is 23.4 Å². The molecule has 0 unspecified atom stereocenters. The first kappa shape index (κ1) is 20.5. The maximum absolute atomic E-state index is 13.3. The molecule has 0 fully saturated rings. The number of carbonyl (C=O) groups excluding carboxylic acids is 2. The Morgan fingerprint density at radius 1 is 0.929 bits per heavy atom. The van der Waals surface area contributed by atoms with E-state index in [0.29, 0.717) is 26.8 Å². The van der Waals surface area contributed by atoms with E-state index in [2.05, 4.69) is 0 Å². The number of thioether (sulfide) groups is 1. The molecule has 3 rings (SSSR count). The van der Waals surface area contributed by atoms with Crippen LogP contribution in [-0.4, -0.2) is 23.2 Å². The van der Waals surface area contributed by atoms with Crippen LogP contribution in [-0.2, 0) is 9.59 Å². The molecule has 0 N–H and O–H groups in total. The van der Waals surface area contributed by atoms with Gasteiger partial charge in [0, 0.05) is 5.25 Å². The summed E-state index contributed by atoms with van der Waals surface area (Å²) in [4.78, 5) is 28.0. The molecule has 0 atom stereocenters. The van der Waals surface area contributed by atoms with Crippen molar-refractivity contribution in [2.24, 2.45) is 0 Å². The van der Waals surface area contributed by atoms with Gasteiger partial charge >= 0.3 is 0 Å². The predicted octanol–water partition coefficient (Wildman–Crippen LogP) is 5.55. The summed E-state index contributed by atoms with van der Waals surface area (Å²) in [6.07, 6.45) is 0.0579. The van der Waals surface area contributed by atoms with Gasteiger partial charge in [-0.25, -0.2) is 4.90 Å². The normalized spacial score (nSPS) is 14.6. The summed E-state index contributed by atoms with van der Waals surface area (Å²) in [5.41, 5.74) is 1.49. The van der Waals surface area contributed by atoms with Crippen LogP contribution in [0, 0.1) is 0 Å². The molecule has 2 aromatic rings. The molecular weight excluding hydrogens is 394 g/mol. The zero-order valence-corrected chi connectivity index (χ0v) is 17.8. The van der Waals surface area contributed by atoms with Crippen molar-refractivity contribution >= 4 is 46.4 Å². The molecule has 0 spiro atoms. The molecule has 0 aliphatic carbocycles. The van der Waals surface area contributed by atoms with E-state index in [4.69, 9.17) is 16.3 Å². The van der Waals surface area contributed by atoms with Crippen LogP contribution in [0.3, 0.4) is 0 Å². The number of amides is 2. The monoisotopic (exact) mass is 415 g/mol. The van der Waals surface area contributed by atoms with Crippen LogP contribution in [0.5, 0.6) is 5.75 Å². The molecule has 0 radical (unpaired) electrons. The van der Waals surface area contributed by atoms with Gasteiger partial charge in [-0.3, -0.25) is 9.59 Å². The minimum atomic E-state index is -0.362. The Morgan fingerprint density at radius 2 is 1.57 bits per heavy atom. The predicted molar refractivity (Wildman–Crippen MR) is 116 cm³/mol. The zero-order valence-electron chi connectivity index (χ0n) is 16.2. The van der Waals surface area contributed by atoms with Crippen LogP contribution in [0.2, 0.25) is 5.02 Å². The Labute approximate surface area is 174 Å². The van der Waals surface area contributed by atoms with Crippen molar-refractivity contribution in [2.75, 3.05) is 4.90 Å². The third kappa shape index (κ3) is 4.10. The lowest BCUT2D eigenvalue weighted by Crippen LogP contribution is -2.31. The number of hydrogen-bond donors (Lipinski definition) is 0. The lowest BCUT2D eigenvalue weighted by molar-refractivity contribution is -0.119. The molecule has 1 aliphatic rings. The molecule has 2 amide bonds. The van der Waals surface area contributed by atoms with Crippen LogP contribution in [0.25, 0.3) is 5.57 Å². The summed E-state index contributed by atoms with van der Waals surface area (Å²) < 4.78 is 5.68. The Balaban J connectivity index is 2.05. The van der Waals surface area contributed by atoms with Crippen molar-refractivity contribution in [1.29, 1.82) is 0 Å². The Morgan fingerprint density at radius 3 is 2.14 bits per heavy atom. The number of hydrogen-bond acceptors (Lipinski definition) is 4. The van der Waals surface area contributed by atoms with E-state index in [-0.39, 0.29) is 23.2 Å². The van der Waals surface area contributed by atoms with Gasteiger partial charge in [0.1, 0.15) is 5.75 Å². The SMILES string of the molecule is CC(C)Oc1ccc(C2=C(SC(C)C)C(=O)N(c3ccccc3Cl)C2=O)cc1. The van der Waals surface area contributed by atoms with E-state index in [1.54, 1.807) is 24.3 Å². The van der Waals surface area contributed by atoms with E-state index < -0.39 is 0 Å². The fourth-order valence-corrected chi connectivity index (χ4v) is 4.14. The molecule has 2 aromatic carbocycles. The van der Waals surface area contributed by atoms with Crippen LogP contribution < -0.4 is 9.64 Å². The summed E-state index contributed by atoms with van der Waals surface area (Å²) in [6, 6.07) is 14.1. The molecule has 146 valence electrons. The van der Waals surface area contributed by atoms with Gasteiger partial charge in [0.25, 0.3) is 11.8 Å². The Kier molecular flexibility index (Phi) is 6.16. The fourth-order valence-electron chi connectivity index (χ4n) is 2.93. The van der Waals surface area contributed by atoms with Crippen LogP contribution in [0.4, 0.5) is 5.69 Å². The largest absolute Gasteiger partial charge is 0.491 e. The molecule has 0 aromatic heterocycles. The van der Waals surface area contributed by atoms with Gasteiger partial charge in [-0.05, 0) is 43.7 Å². The number of benzene rings is 2. The quantitative estimate of drug-likeness (QED) is 0.580. The average molecular weight is 416 g/mol. The van der Waals surface area contributed by atoms with E-state index in [1.807, 2.05) is 52.0 Å². The lowest BCUT2D eigenvalue weighted by Gasteiger charge is -2.16. The van der Waals surface area contributed by atoms with E-state index in [1.165, 1.54) is 16.7 Å². The fraction of sp³-hybridized carbons (Fsp3) is 0.273. The summed E-state index contributed by atoms with van der Waals surface area (Å²) in [5, 5.41) is 0.511. The second-order valence-electron chi connectivity index (χ2n) is 6.96. The van der Waals surface area contributed by atoms with Gasteiger partial charge in [-0.15, -0.1) is 11.8 Å². The first-order valence-corrected chi connectivity index (χ1v) is 10.4. The van der Waals surface area contributed by atoms with Crippen LogP contribution in [0.15, 0.2) is 53.4 Å². The average Bonchev–Trinajstić information content (AvgIpc) is 2.86. The van der Waals surface area contributed by atoms with Crippen molar-refractivity contribution in [3.63, 3.8) is 0 Å². The summed E-state index contributed by atoms with van der Waals surface area (Å²) in [6.45, 7) is 7.89. The number of imide groups is 1. The molecule has 1 heterocycles. The number of anilines is 1. The van der Waals surface area contributed by atoms with Gasteiger partial charge in [0.2, 0.25) is 0 Å². The second-order valence-corrected chi connectivity index (χ2v) is 8.95. The maximum atomic E-state index is 13.3. The van der Waals surface area contributed by atoms with E-state index >= 15 is 0 Å². The van der Waals surface area contributed by atoms with Crippen LogP contribution in [0.1, 0.15) is 33.3 Å². The molecule has 1 aliphatic heterocycles. The van der Waals surface area contributed by atoms with Crippen molar-refractivity contribution in [3.8, 4) is 5.75 Å².